The van der Waals surface area contributed by atoms with Crippen molar-refractivity contribution in [2.75, 3.05) is 11.9 Å². The molecule has 5 rings (SSSR count). The van der Waals surface area contributed by atoms with Crippen LogP contribution in [0.4, 0.5) is 5.69 Å². The molecule has 42 heavy (non-hydrogen) atoms. The Kier molecular flexibility index (Phi) is 9.06. The number of benzene rings is 4. The second kappa shape index (κ2) is 13.1. The van der Waals surface area contributed by atoms with Gasteiger partial charge in [0.1, 0.15) is 11.4 Å². The van der Waals surface area contributed by atoms with Crippen LogP contribution in [0.1, 0.15) is 67.8 Å². The maximum Gasteiger partial charge on any atom is 0.339 e. The summed E-state index contributed by atoms with van der Waals surface area (Å²) in [4.78, 5) is 17.9. The van der Waals surface area contributed by atoms with Gasteiger partial charge in [0.25, 0.3) is 0 Å². The molecule has 0 bridgehead atoms. The molecular weight excluding hydrogens is 518 g/mol. The third kappa shape index (κ3) is 7.27. The minimum atomic E-state index is -0.547. The summed E-state index contributed by atoms with van der Waals surface area (Å²) < 4.78 is 8.03. The number of rotatable bonds is 11. The molecule has 1 heterocycles. The zero-order valence-electron chi connectivity index (χ0n) is 25.2. The summed E-state index contributed by atoms with van der Waals surface area (Å²) >= 11 is 0. The lowest BCUT2D eigenvalue weighted by Gasteiger charge is -2.20. The van der Waals surface area contributed by atoms with Crippen molar-refractivity contribution in [2.24, 2.45) is 0 Å². The molecule has 0 radical (unpaired) electrons. The van der Waals surface area contributed by atoms with Crippen LogP contribution in [0.25, 0.3) is 22.2 Å². The van der Waals surface area contributed by atoms with Crippen LogP contribution in [0.3, 0.4) is 0 Å². The van der Waals surface area contributed by atoms with E-state index in [1.165, 1.54) is 11.1 Å². The highest BCUT2D eigenvalue weighted by atomic mass is 16.6. The van der Waals surface area contributed by atoms with E-state index in [0.717, 1.165) is 72.4 Å². The Morgan fingerprint density at radius 1 is 0.857 bits per heavy atom. The monoisotopic (exact) mass is 559 g/mol. The summed E-state index contributed by atoms with van der Waals surface area (Å²) in [6.45, 7) is 9.49. The molecule has 0 fully saturated rings. The van der Waals surface area contributed by atoms with E-state index in [4.69, 9.17) is 9.72 Å². The number of unbranched alkanes of at least 4 members (excludes halogenated alkanes) is 1. The molecule has 4 aromatic carbocycles. The average Bonchev–Trinajstić information content (AvgIpc) is 3.32. The SMILES string of the molecule is CCCCc1nc2ccc(NCCc3ccccc3)cc2n1Cc1ccc(-c2ccccc2C(=O)OC(C)(C)C)cc1. The first-order valence-corrected chi connectivity index (χ1v) is 15.0. The first-order valence-electron chi connectivity index (χ1n) is 15.0. The molecule has 0 aliphatic rings. The Labute approximate surface area is 249 Å². The number of carbonyl (C=O) groups excluding carboxylic acids is 1. The van der Waals surface area contributed by atoms with Crippen LogP contribution in [0.2, 0.25) is 0 Å². The highest BCUT2D eigenvalue weighted by Gasteiger charge is 2.21. The molecule has 0 unspecified atom stereocenters. The Balaban J connectivity index is 1.38. The molecule has 0 aliphatic heterocycles. The predicted molar refractivity (Wildman–Crippen MR) is 173 cm³/mol. The summed E-state index contributed by atoms with van der Waals surface area (Å²) in [5.74, 6) is 0.813. The van der Waals surface area contributed by atoms with Crippen molar-refractivity contribution >= 4 is 22.7 Å². The van der Waals surface area contributed by atoms with Crippen molar-refractivity contribution in [3.63, 3.8) is 0 Å². The van der Waals surface area contributed by atoms with Crippen LogP contribution in [-0.2, 0) is 24.1 Å². The number of imidazole rings is 1. The molecule has 216 valence electrons. The van der Waals surface area contributed by atoms with Gasteiger partial charge in [0, 0.05) is 25.2 Å². The molecular formula is C37H41N3O2. The molecule has 1 aromatic heterocycles. The van der Waals surface area contributed by atoms with Crippen LogP contribution < -0.4 is 5.32 Å². The van der Waals surface area contributed by atoms with Crippen molar-refractivity contribution in [2.45, 2.75) is 65.5 Å². The zero-order valence-corrected chi connectivity index (χ0v) is 25.2. The van der Waals surface area contributed by atoms with E-state index in [-0.39, 0.29) is 5.97 Å². The molecule has 0 aliphatic carbocycles. The molecule has 0 amide bonds. The van der Waals surface area contributed by atoms with Gasteiger partial charge in [-0.15, -0.1) is 0 Å². The molecule has 5 aromatic rings. The number of ether oxygens (including phenoxy) is 1. The fourth-order valence-corrected chi connectivity index (χ4v) is 5.20. The van der Waals surface area contributed by atoms with Crippen molar-refractivity contribution in [1.29, 1.82) is 0 Å². The van der Waals surface area contributed by atoms with Gasteiger partial charge in [-0.2, -0.15) is 0 Å². The Bertz CT molecular complexity index is 1630. The maximum atomic E-state index is 12.9. The molecule has 0 atom stereocenters. The van der Waals surface area contributed by atoms with Crippen molar-refractivity contribution in [3.05, 3.63) is 120 Å². The minimum Gasteiger partial charge on any atom is -0.456 e. The zero-order chi connectivity index (χ0) is 29.5. The van der Waals surface area contributed by atoms with Crippen LogP contribution in [0, 0.1) is 0 Å². The number of aromatic nitrogens is 2. The van der Waals surface area contributed by atoms with Crippen molar-refractivity contribution in [3.8, 4) is 11.1 Å². The van der Waals surface area contributed by atoms with Gasteiger partial charge >= 0.3 is 5.97 Å². The number of hydrogen-bond acceptors (Lipinski definition) is 4. The first kappa shape index (κ1) is 29.1. The number of hydrogen-bond donors (Lipinski definition) is 1. The van der Waals surface area contributed by atoms with Crippen molar-refractivity contribution in [1.82, 2.24) is 9.55 Å². The summed E-state index contributed by atoms with van der Waals surface area (Å²) in [5, 5.41) is 3.60. The third-order valence-electron chi connectivity index (χ3n) is 7.32. The summed E-state index contributed by atoms with van der Waals surface area (Å²) in [6, 6.07) is 33.2. The van der Waals surface area contributed by atoms with E-state index in [1.807, 2.05) is 45.0 Å². The van der Waals surface area contributed by atoms with E-state index in [2.05, 4.69) is 89.6 Å². The average molecular weight is 560 g/mol. The number of nitrogens with zero attached hydrogens (tertiary/aromatic N) is 2. The van der Waals surface area contributed by atoms with E-state index in [1.54, 1.807) is 0 Å². The lowest BCUT2D eigenvalue weighted by Crippen LogP contribution is -2.24. The van der Waals surface area contributed by atoms with Gasteiger partial charge in [0.2, 0.25) is 0 Å². The lowest BCUT2D eigenvalue weighted by atomic mass is 9.98. The quantitative estimate of drug-likeness (QED) is 0.164. The Morgan fingerprint density at radius 2 is 1.60 bits per heavy atom. The fourth-order valence-electron chi connectivity index (χ4n) is 5.20. The van der Waals surface area contributed by atoms with Gasteiger partial charge in [-0.1, -0.05) is 86.1 Å². The van der Waals surface area contributed by atoms with Gasteiger partial charge in [-0.3, -0.25) is 0 Å². The first-order chi connectivity index (χ1) is 20.3. The van der Waals surface area contributed by atoms with Crippen LogP contribution in [0.15, 0.2) is 97.1 Å². The summed E-state index contributed by atoms with van der Waals surface area (Å²) in [7, 11) is 0. The molecule has 5 nitrogen and oxygen atoms in total. The molecule has 5 heteroatoms. The van der Waals surface area contributed by atoms with Crippen LogP contribution >= 0.6 is 0 Å². The number of aryl methyl sites for hydroxylation is 1. The van der Waals surface area contributed by atoms with Crippen LogP contribution in [0.5, 0.6) is 0 Å². The van der Waals surface area contributed by atoms with Crippen LogP contribution in [-0.4, -0.2) is 27.7 Å². The fraction of sp³-hybridized carbons (Fsp3) is 0.297. The topological polar surface area (TPSA) is 56.2 Å². The van der Waals surface area contributed by atoms with E-state index < -0.39 is 5.60 Å². The number of nitrogens with one attached hydrogen (secondary N) is 1. The highest BCUT2D eigenvalue weighted by molar-refractivity contribution is 5.97. The number of anilines is 1. The third-order valence-corrected chi connectivity index (χ3v) is 7.32. The highest BCUT2D eigenvalue weighted by Crippen LogP contribution is 2.28. The minimum absolute atomic E-state index is 0.305. The van der Waals surface area contributed by atoms with Crippen molar-refractivity contribution < 1.29 is 9.53 Å². The standard InChI is InChI=1S/C37H41N3O2/c1-5-6-16-35-39-33-22-21-30(38-24-23-27-12-8-7-9-13-27)25-34(33)40(35)26-28-17-19-29(20-18-28)31-14-10-11-15-32(31)36(41)42-37(2,3)4/h7-15,17-22,25,38H,5-6,16,23-24,26H2,1-4H3. The molecule has 0 saturated carbocycles. The van der Waals surface area contributed by atoms with Gasteiger partial charge in [0.05, 0.1) is 16.6 Å². The number of carbonyl (C=O) groups is 1. The van der Waals surface area contributed by atoms with E-state index in [0.29, 0.717) is 5.56 Å². The van der Waals surface area contributed by atoms with E-state index in [9.17, 15) is 4.79 Å². The predicted octanol–water partition coefficient (Wildman–Crippen LogP) is 8.70. The number of fused-ring (bicyclic) bond motifs is 1. The van der Waals surface area contributed by atoms with Gasteiger partial charge in [-0.25, -0.2) is 9.78 Å². The molecule has 0 saturated heterocycles. The summed E-state index contributed by atoms with van der Waals surface area (Å²) in [6.07, 6.45) is 4.15. The Morgan fingerprint density at radius 3 is 2.33 bits per heavy atom. The lowest BCUT2D eigenvalue weighted by molar-refractivity contribution is 0.00704. The normalized spacial score (nSPS) is 11.5. The second-order valence-electron chi connectivity index (χ2n) is 11.8. The Hall–Kier alpha value is -4.38. The smallest absolute Gasteiger partial charge is 0.339 e. The van der Waals surface area contributed by atoms with Gasteiger partial charge in [0.15, 0.2) is 0 Å². The number of esters is 1. The summed E-state index contributed by atoms with van der Waals surface area (Å²) in [5.41, 5.74) is 7.69. The van der Waals surface area contributed by atoms with Gasteiger partial charge < -0.3 is 14.6 Å². The second-order valence-corrected chi connectivity index (χ2v) is 11.8. The molecule has 0 spiro atoms. The van der Waals surface area contributed by atoms with Gasteiger partial charge in [-0.05, 0) is 80.1 Å². The maximum absolute atomic E-state index is 12.9. The largest absolute Gasteiger partial charge is 0.456 e. The molecule has 1 N–H and O–H groups in total. The van der Waals surface area contributed by atoms with E-state index >= 15 is 0 Å².